The van der Waals surface area contributed by atoms with Gasteiger partial charge in [0.15, 0.2) is 5.78 Å². The Bertz CT molecular complexity index is 431. The van der Waals surface area contributed by atoms with Gasteiger partial charge in [0.05, 0.1) is 0 Å². The van der Waals surface area contributed by atoms with Gasteiger partial charge in [-0.05, 0) is 30.5 Å². The quantitative estimate of drug-likeness (QED) is 0.841. The lowest BCUT2D eigenvalue weighted by molar-refractivity contribution is -0.120. The lowest BCUT2D eigenvalue weighted by Gasteiger charge is -2.30. The minimum atomic E-state index is -0.937. The molecular weight excluding hydrogens is 245 g/mol. The van der Waals surface area contributed by atoms with Crippen LogP contribution in [0.3, 0.4) is 0 Å². The summed E-state index contributed by atoms with van der Waals surface area (Å²) < 4.78 is 0. The van der Waals surface area contributed by atoms with Crippen molar-refractivity contribution in [2.24, 2.45) is 5.73 Å². The molecule has 2 N–H and O–H groups in total. The molecule has 0 saturated heterocycles. The van der Waals surface area contributed by atoms with Crippen molar-refractivity contribution in [3.8, 4) is 0 Å². The van der Waals surface area contributed by atoms with E-state index in [0.29, 0.717) is 11.4 Å². The van der Waals surface area contributed by atoms with Gasteiger partial charge in [-0.2, -0.15) is 0 Å². The second-order valence-electron chi connectivity index (χ2n) is 3.76. The van der Waals surface area contributed by atoms with Crippen molar-refractivity contribution >= 4 is 29.8 Å². The fraction of sp³-hybridized carbons (Fsp3) is 0.250. The van der Waals surface area contributed by atoms with Crippen molar-refractivity contribution in [3.05, 3.63) is 47.0 Å². The van der Waals surface area contributed by atoms with E-state index < -0.39 is 5.54 Å². The fourth-order valence-corrected chi connectivity index (χ4v) is 2.17. The summed E-state index contributed by atoms with van der Waals surface area (Å²) in [6.07, 6.45) is 4.83. The number of hydrogen-bond donors (Lipinski definition) is 1. The zero-order valence-electron chi connectivity index (χ0n) is 8.65. The first-order valence-corrected chi connectivity index (χ1v) is 5.27. The highest BCUT2D eigenvalue weighted by atomic mass is 35.5. The second-order valence-corrected chi connectivity index (χ2v) is 4.16. The Morgan fingerprint density at radius 3 is 2.62 bits per heavy atom. The van der Waals surface area contributed by atoms with E-state index >= 15 is 0 Å². The Labute approximate surface area is 106 Å². The minimum absolute atomic E-state index is 0. The van der Waals surface area contributed by atoms with E-state index in [-0.39, 0.29) is 18.2 Å². The van der Waals surface area contributed by atoms with Crippen LogP contribution < -0.4 is 5.73 Å². The van der Waals surface area contributed by atoms with E-state index in [0.717, 1.165) is 12.0 Å². The van der Waals surface area contributed by atoms with Crippen LogP contribution in [-0.4, -0.2) is 5.78 Å². The zero-order chi connectivity index (χ0) is 10.9. The lowest BCUT2D eigenvalue weighted by Crippen LogP contribution is -2.45. The number of carbonyl (C=O) groups is 1. The molecule has 0 radical (unpaired) electrons. The van der Waals surface area contributed by atoms with Crippen LogP contribution in [0.2, 0.25) is 5.02 Å². The topological polar surface area (TPSA) is 43.1 Å². The molecule has 0 heterocycles. The highest BCUT2D eigenvalue weighted by Crippen LogP contribution is 2.33. The van der Waals surface area contributed by atoms with Gasteiger partial charge in [0.2, 0.25) is 0 Å². The average Bonchev–Trinajstić information content (AvgIpc) is 2.23. The van der Waals surface area contributed by atoms with Crippen LogP contribution in [0.1, 0.15) is 18.4 Å². The number of halogens is 2. The molecule has 1 atom stereocenters. The summed E-state index contributed by atoms with van der Waals surface area (Å²) in [6, 6.07) is 7.26. The minimum Gasteiger partial charge on any atom is -0.315 e. The first-order valence-electron chi connectivity index (χ1n) is 4.89. The van der Waals surface area contributed by atoms with Gasteiger partial charge in [-0.3, -0.25) is 4.79 Å². The summed E-state index contributed by atoms with van der Waals surface area (Å²) in [6.45, 7) is 0. The Morgan fingerprint density at radius 2 is 2.00 bits per heavy atom. The molecule has 2 nitrogen and oxygen atoms in total. The third-order valence-corrected chi connectivity index (χ3v) is 3.10. The third kappa shape index (κ3) is 2.14. The van der Waals surface area contributed by atoms with Gasteiger partial charge in [0.25, 0.3) is 0 Å². The van der Waals surface area contributed by atoms with Gasteiger partial charge in [0, 0.05) is 5.02 Å². The highest BCUT2D eigenvalue weighted by molar-refractivity contribution is 6.31. The Hall–Kier alpha value is -0.830. The van der Waals surface area contributed by atoms with E-state index in [1.807, 2.05) is 24.3 Å². The second kappa shape index (κ2) is 5.00. The van der Waals surface area contributed by atoms with Gasteiger partial charge in [0.1, 0.15) is 5.54 Å². The van der Waals surface area contributed by atoms with Gasteiger partial charge < -0.3 is 5.73 Å². The van der Waals surface area contributed by atoms with Crippen molar-refractivity contribution in [2.75, 3.05) is 0 Å². The maximum Gasteiger partial charge on any atom is 0.179 e. The molecule has 0 aromatic heterocycles. The van der Waals surface area contributed by atoms with Crippen LogP contribution in [0.4, 0.5) is 0 Å². The van der Waals surface area contributed by atoms with E-state index in [1.54, 1.807) is 12.1 Å². The average molecular weight is 258 g/mol. The van der Waals surface area contributed by atoms with Crippen LogP contribution in [0, 0.1) is 0 Å². The molecule has 0 aliphatic heterocycles. The van der Waals surface area contributed by atoms with Gasteiger partial charge >= 0.3 is 0 Å². The summed E-state index contributed by atoms with van der Waals surface area (Å²) in [5.74, 6) is -0.0677. The van der Waals surface area contributed by atoms with Crippen molar-refractivity contribution in [3.63, 3.8) is 0 Å². The Balaban J connectivity index is 0.00000128. The number of benzene rings is 1. The highest BCUT2D eigenvalue weighted by Gasteiger charge is 2.36. The van der Waals surface area contributed by atoms with Crippen LogP contribution in [0.5, 0.6) is 0 Å². The molecule has 2 rings (SSSR count). The first-order chi connectivity index (χ1) is 7.14. The molecule has 0 spiro atoms. The monoisotopic (exact) mass is 257 g/mol. The largest absolute Gasteiger partial charge is 0.315 e. The van der Waals surface area contributed by atoms with Crippen molar-refractivity contribution in [1.82, 2.24) is 0 Å². The van der Waals surface area contributed by atoms with E-state index in [9.17, 15) is 4.79 Å². The smallest absolute Gasteiger partial charge is 0.179 e. The summed E-state index contributed by atoms with van der Waals surface area (Å²) in [5, 5.41) is 0.559. The SMILES string of the molecule is Cl.NC1(c2ccccc2Cl)CCC=CC1=O. The molecule has 16 heavy (non-hydrogen) atoms. The summed E-state index contributed by atoms with van der Waals surface area (Å²) in [5.41, 5.74) is 5.93. The van der Waals surface area contributed by atoms with Crippen molar-refractivity contribution in [2.45, 2.75) is 18.4 Å². The number of allylic oxidation sites excluding steroid dienone is 1. The molecule has 86 valence electrons. The number of nitrogens with two attached hydrogens (primary N) is 1. The van der Waals surface area contributed by atoms with Crippen LogP contribution in [-0.2, 0) is 10.3 Å². The molecule has 1 unspecified atom stereocenters. The first kappa shape index (κ1) is 13.2. The number of rotatable bonds is 1. The van der Waals surface area contributed by atoms with E-state index in [1.165, 1.54) is 0 Å². The molecule has 1 aromatic rings. The number of carbonyl (C=O) groups excluding carboxylic acids is 1. The third-order valence-electron chi connectivity index (χ3n) is 2.77. The van der Waals surface area contributed by atoms with Crippen LogP contribution in [0.25, 0.3) is 0 Å². The molecule has 1 aromatic carbocycles. The number of hydrogen-bond acceptors (Lipinski definition) is 2. The summed E-state index contributed by atoms with van der Waals surface area (Å²) in [4.78, 5) is 11.8. The maximum absolute atomic E-state index is 11.8. The Morgan fingerprint density at radius 1 is 1.31 bits per heavy atom. The molecular formula is C12H13Cl2NO. The maximum atomic E-state index is 11.8. The molecule has 1 aliphatic carbocycles. The van der Waals surface area contributed by atoms with Gasteiger partial charge in [-0.25, -0.2) is 0 Å². The Kier molecular flexibility index (Phi) is 4.14. The molecule has 4 heteroatoms. The zero-order valence-corrected chi connectivity index (χ0v) is 10.2. The van der Waals surface area contributed by atoms with E-state index in [2.05, 4.69) is 0 Å². The van der Waals surface area contributed by atoms with E-state index in [4.69, 9.17) is 17.3 Å². The summed E-state index contributed by atoms with van der Waals surface area (Å²) in [7, 11) is 0. The molecule has 1 aliphatic rings. The predicted molar refractivity (Wildman–Crippen MR) is 67.9 cm³/mol. The number of ketones is 1. The molecule has 0 amide bonds. The van der Waals surface area contributed by atoms with Crippen molar-refractivity contribution in [1.29, 1.82) is 0 Å². The normalized spacial score (nSPS) is 24.0. The molecule has 0 bridgehead atoms. The van der Waals surface area contributed by atoms with Crippen LogP contribution >= 0.6 is 24.0 Å². The molecule has 0 saturated carbocycles. The lowest BCUT2D eigenvalue weighted by atomic mass is 9.79. The fourth-order valence-electron chi connectivity index (χ4n) is 1.86. The summed E-state index contributed by atoms with van der Waals surface area (Å²) >= 11 is 6.06. The van der Waals surface area contributed by atoms with Crippen molar-refractivity contribution < 1.29 is 4.79 Å². The van der Waals surface area contributed by atoms with Gasteiger partial charge in [-0.1, -0.05) is 35.9 Å². The van der Waals surface area contributed by atoms with Crippen LogP contribution in [0.15, 0.2) is 36.4 Å². The van der Waals surface area contributed by atoms with Gasteiger partial charge in [-0.15, -0.1) is 12.4 Å². The standard InChI is InChI=1S/C12H12ClNO.ClH/c13-10-6-2-1-5-9(10)12(14)8-4-3-7-11(12)15;/h1-3,5-7H,4,8,14H2;1H. The molecule has 0 fully saturated rings. The predicted octanol–water partition coefficient (Wildman–Crippen LogP) is 2.83.